The third kappa shape index (κ3) is 6.17. The molecular formula is C19H23F3N6O3. The predicted molar refractivity (Wildman–Crippen MR) is 107 cm³/mol. The minimum Gasteiger partial charge on any atom is -0.405 e. The van der Waals surface area contributed by atoms with Crippen molar-refractivity contribution in [3.63, 3.8) is 0 Å². The number of benzene rings is 1. The van der Waals surface area contributed by atoms with Gasteiger partial charge >= 0.3 is 12.0 Å². The molecule has 0 saturated heterocycles. The molecule has 1 saturated carbocycles. The SMILES string of the molecule is Nc1nc(NCc2ccccc2OC(F)(F)F)nc(CC2CCC(N)CC2)c1[N+](=O)[O-]. The van der Waals surface area contributed by atoms with Gasteiger partial charge in [0.05, 0.1) is 4.92 Å². The lowest BCUT2D eigenvalue weighted by Gasteiger charge is -2.25. The van der Waals surface area contributed by atoms with Crippen LogP contribution in [0.15, 0.2) is 24.3 Å². The topological polar surface area (TPSA) is 142 Å². The summed E-state index contributed by atoms with van der Waals surface area (Å²) >= 11 is 0. The van der Waals surface area contributed by atoms with Gasteiger partial charge in [-0.15, -0.1) is 13.2 Å². The summed E-state index contributed by atoms with van der Waals surface area (Å²) in [6.45, 7) is -0.0960. The first kappa shape index (κ1) is 22.5. The highest BCUT2D eigenvalue weighted by Gasteiger charge is 2.32. The third-order valence-corrected chi connectivity index (χ3v) is 5.17. The minimum atomic E-state index is -4.83. The zero-order chi connectivity index (χ0) is 22.6. The van der Waals surface area contributed by atoms with Crippen molar-refractivity contribution < 1.29 is 22.8 Å². The Morgan fingerprint density at radius 3 is 2.52 bits per heavy atom. The van der Waals surface area contributed by atoms with E-state index in [-0.39, 0.29) is 53.0 Å². The van der Waals surface area contributed by atoms with Gasteiger partial charge in [-0.2, -0.15) is 4.98 Å². The maximum atomic E-state index is 12.6. The zero-order valence-electron chi connectivity index (χ0n) is 16.6. The van der Waals surface area contributed by atoms with E-state index in [9.17, 15) is 23.3 Å². The van der Waals surface area contributed by atoms with Gasteiger partial charge in [0.2, 0.25) is 11.8 Å². The summed E-state index contributed by atoms with van der Waals surface area (Å²) in [6.07, 6.45) is -1.17. The average Bonchev–Trinajstić information content (AvgIpc) is 2.67. The van der Waals surface area contributed by atoms with E-state index in [1.54, 1.807) is 6.07 Å². The van der Waals surface area contributed by atoms with E-state index in [0.29, 0.717) is 6.42 Å². The molecule has 0 radical (unpaired) electrons. The Bertz CT molecular complexity index is 933. The van der Waals surface area contributed by atoms with Gasteiger partial charge in [0.1, 0.15) is 11.4 Å². The second-order valence-corrected chi connectivity index (χ2v) is 7.48. The molecule has 1 heterocycles. The average molecular weight is 440 g/mol. The summed E-state index contributed by atoms with van der Waals surface area (Å²) in [5.74, 6) is -0.491. The molecule has 2 aromatic rings. The van der Waals surface area contributed by atoms with Crippen molar-refractivity contribution in [1.82, 2.24) is 9.97 Å². The van der Waals surface area contributed by atoms with Gasteiger partial charge < -0.3 is 21.5 Å². The smallest absolute Gasteiger partial charge is 0.405 e. The summed E-state index contributed by atoms with van der Waals surface area (Å²) in [5.41, 5.74) is 11.8. The summed E-state index contributed by atoms with van der Waals surface area (Å²) < 4.78 is 41.8. The van der Waals surface area contributed by atoms with Crippen LogP contribution in [0, 0.1) is 16.0 Å². The normalized spacial score (nSPS) is 19.1. The van der Waals surface area contributed by atoms with Crippen LogP contribution in [0.3, 0.4) is 0 Å². The maximum absolute atomic E-state index is 12.6. The Kier molecular flexibility index (Phi) is 6.78. The van der Waals surface area contributed by atoms with E-state index in [4.69, 9.17) is 11.5 Å². The van der Waals surface area contributed by atoms with Crippen LogP contribution < -0.4 is 21.5 Å². The van der Waals surface area contributed by atoms with Crippen LogP contribution in [0.1, 0.15) is 36.9 Å². The molecule has 0 bridgehead atoms. The maximum Gasteiger partial charge on any atom is 0.573 e. The molecule has 1 aromatic carbocycles. The molecule has 0 amide bonds. The monoisotopic (exact) mass is 440 g/mol. The number of nitro groups is 1. The summed E-state index contributed by atoms with van der Waals surface area (Å²) in [6, 6.07) is 5.76. The molecular weight excluding hydrogens is 417 g/mol. The van der Waals surface area contributed by atoms with Gasteiger partial charge in [-0.25, -0.2) is 4.98 Å². The second-order valence-electron chi connectivity index (χ2n) is 7.48. The Labute approximate surface area is 176 Å². The molecule has 31 heavy (non-hydrogen) atoms. The van der Waals surface area contributed by atoms with E-state index in [0.717, 1.165) is 25.7 Å². The molecule has 0 spiro atoms. The molecule has 1 fully saturated rings. The van der Waals surface area contributed by atoms with Crippen LogP contribution in [-0.2, 0) is 13.0 Å². The van der Waals surface area contributed by atoms with E-state index in [1.807, 2.05) is 0 Å². The molecule has 1 aromatic heterocycles. The summed E-state index contributed by atoms with van der Waals surface area (Å²) in [4.78, 5) is 19.0. The molecule has 1 aliphatic carbocycles. The third-order valence-electron chi connectivity index (χ3n) is 5.17. The van der Waals surface area contributed by atoms with Crippen LogP contribution in [0.5, 0.6) is 5.75 Å². The Hall–Kier alpha value is -3.15. The van der Waals surface area contributed by atoms with Crippen molar-refractivity contribution in [1.29, 1.82) is 0 Å². The molecule has 12 heteroatoms. The van der Waals surface area contributed by atoms with E-state index in [1.165, 1.54) is 18.2 Å². The first-order chi connectivity index (χ1) is 14.6. The number of anilines is 2. The van der Waals surface area contributed by atoms with Crippen LogP contribution in [0.2, 0.25) is 0 Å². The molecule has 9 nitrogen and oxygen atoms in total. The van der Waals surface area contributed by atoms with Crippen molar-refractivity contribution in [2.24, 2.45) is 11.7 Å². The van der Waals surface area contributed by atoms with Crippen LogP contribution in [0.4, 0.5) is 30.6 Å². The molecule has 1 aliphatic rings. The van der Waals surface area contributed by atoms with Gasteiger partial charge in [-0.3, -0.25) is 10.1 Å². The lowest BCUT2D eigenvalue weighted by molar-refractivity contribution is -0.385. The Balaban J connectivity index is 1.79. The lowest BCUT2D eigenvalue weighted by Crippen LogP contribution is -2.27. The molecule has 0 unspecified atom stereocenters. The fraction of sp³-hybridized carbons (Fsp3) is 0.474. The number of nitrogens with one attached hydrogen (secondary N) is 1. The molecule has 168 valence electrons. The number of para-hydroxylation sites is 1. The number of aromatic nitrogens is 2. The first-order valence-corrected chi connectivity index (χ1v) is 9.76. The van der Waals surface area contributed by atoms with E-state index in [2.05, 4.69) is 20.0 Å². The number of rotatable bonds is 7. The lowest BCUT2D eigenvalue weighted by atomic mass is 9.83. The molecule has 3 rings (SSSR count). The highest BCUT2D eigenvalue weighted by molar-refractivity contribution is 5.58. The van der Waals surface area contributed by atoms with E-state index >= 15 is 0 Å². The minimum absolute atomic E-state index is 0.00702. The predicted octanol–water partition coefficient (Wildman–Crippen LogP) is 3.54. The molecule has 5 N–H and O–H groups in total. The molecule has 0 aliphatic heterocycles. The van der Waals surface area contributed by atoms with Crippen LogP contribution in [0.25, 0.3) is 0 Å². The summed E-state index contributed by atoms with van der Waals surface area (Å²) in [7, 11) is 0. The number of nitrogen functional groups attached to an aromatic ring is 1. The van der Waals surface area contributed by atoms with E-state index < -0.39 is 11.3 Å². The van der Waals surface area contributed by atoms with Gasteiger partial charge in [-0.05, 0) is 44.1 Å². The van der Waals surface area contributed by atoms with Gasteiger partial charge in [0.25, 0.3) is 0 Å². The number of halogens is 3. The largest absolute Gasteiger partial charge is 0.573 e. The highest BCUT2D eigenvalue weighted by atomic mass is 19.4. The quantitative estimate of drug-likeness (QED) is 0.438. The number of nitrogens with zero attached hydrogens (tertiary/aromatic N) is 3. The van der Waals surface area contributed by atoms with Crippen LogP contribution >= 0.6 is 0 Å². The fourth-order valence-electron chi connectivity index (χ4n) is 3.66. The van der Waals surface area contributed by atoms with Crippen molar-refractivity contribution in [3.8, 4) is 5.75 Å². The van der Waals surface area contributed by atoms with Crippen LogP contribution in [-0.4, -0.2) is 27.3 Å². The Morgan fingerprint density at radius 1 is 1.19 bits per heavy atom. The zero-order valence-corrected chi connectivity index (χ0v) is 16.6. The highest BCUT2D eigenvalue weighted by Crippen LogP contribution is 2.32. The second kappa shape index (κ2) is 9.33. The van der Waals surface area contributed by atoms with Crippen molar-refractivity contribution >= 4 is 17.5 Å². The fourth-order valence-corrected chi connectivity index (χ4v) is 3.66. The van der Waals surface area contributed by atoms with Crippen molar-refractivity contribution in [3.05, 3.63) is 45.6 Å². The number of alkyl halides is 3. The van der Waals surface area contributed by atoms with Crippen molar-refractivity contribution in [2.75, 3.05) is 11.1 Å². The number of hydrogen-bond donors (Lipinski definition) is 3. The van der Waals surface area contributed by atoms with Crippen molar-refractivity contribution in [2.45, 2.75) is 51.1 Å². The Morgan fingerprint density at radius 2 is 1.87 bits per heavy atom. The number of ether oxygens (including phenoxy) is 1. The van der Waals surface area contributed by atoms with Gasteiger partial charge in [0, 0.05) is 18.2 Å². The first-order valence-electron chi connectivity index (χ1n) is 9.76. The molecule has 0 atom stereocenters. The van der Waals surface area contributed by atoms with Gasteiger partial charge in [0.15, 0.2) is 0 Å². The standard InChI is InChI=1S/C19H23F3N6O3/c20-19(21,22)31-15-4-2-1-3-12(15)10-25-18-26-14(16(28(29)30)17(24)27-18)9-11-5-7-13(23)8-6-11/h1-4,11,13H,5-10,23H2,(H3,24,25,26,27). The van der Waals surface area contributed by atoms with Gasteiger partial charge in [-0.1, -0.05) is 18.2 Å². The number of hydrogen-bond acceptors (Lipinski definition) is 8. The summed E-state index contributed by atoms with van der Waals surface area (Å²) in [5, 5.41) is 14.3. The number of nitrogens with two attached hydrogens (primary N) is 2.